The first-order valence-electron chi connectivity index (χ1n) is 9.58. The third kappa shape index (κ3) is 2.99. The van der Waals surface area contributed by atoms with Gasteiger partial charge in [0.15, 0.2) is 0 Å². The number of hydrogen-bond donors (Lipinski definition) is 0. The van der Waals surface area contributed by atoms with Crippen molar-refractivity contribution in [3.63, 3.8) is 0 Å². The lowest BCUT2D eigenvalue weighted by molar-refractivity contribution is 0.810. The summed E-state index contributed by atoms with van der Waals surface area (Å²) >= 11 is 0. The fraction of sp³-hybridized carbons (Fsp3) is 0.240. The third-order valence-electron chi connectivity index (χ3n) is 5.32. The molecule has 3 aromatic carbocycles. The van der Waals surface area contributed by atoms with Crippen LogP contribution in [-0.4, -0.2) is 12.8 Å². The molecule has 1 atom stereocenters. The highest BCUT2D eigenvalue weighted by Crippen LogP contribution is 2.42. The minimum atomic E-state index is 0.323. The Balaban J connectivity index is 1.87. The van der Waals surface area contributed by atoms with Gasteiger partial charge in [0.25, 0.3) is 0 Å². The number of rotatable bonds is 5. The van der Waals surface area contributed by atoms with Crippen LogP contribution in [0.1, 0.15) is 54.9 Å². The third-order valence-corrected chi connectivity index (χ3v) is 5.32. The van der Waals surface area contributed by atoms with Gasteiger partial charge in [-0.15, -0.1) is 0 Å². The monoisotopic (exact) mass is 339 g/mol. The predicted octanol–water partition coefficient (Wildman–Crippen LogP) is 6.61. The molecule has 0 radical (unpaired) electrons. The van der Waals surface area contributed by atoms with E-state index in [9.17, 15) is 0 Å². The van der Waals surface area contributed by atoms with Gasteiger partial charge in [-0.05, 0) is 40.8 Å². The molecular formula is C25H25N. The van der Waals surface area contributed by atoms with Gasteiger partial charge in [-0.1, -0.05) is 85.7 Å². The minimum Gasteiger partial charge on any atom is -0.293 e. The van der Waals surface area contributed by atoms with Crippen LogP contribution in [0, 0.1) is 0 Å². The highest BCUT2D eigenvalue weighted by atomic mass is 14.7. The van der Waals surface area contributed by atoms with E-state index in [-0.39, 0.29) is 0 Å². The fourth-order valence-electron chi connectivity index (χ4n) is 4.01. The Morgan fingerprint density at radius 2 is 1.73 bits per heavy atom. The van der Waals surface area contributed by atoms with E-state index in [0.29, 0.717) is 5.92 Å². The summed E-state index contributed by atoms with van der Waals surface area (Å²) in [6.45, 7) is 5.36. The summed E-state index contributed by atoms with van der Waals surface area (Å²) in [7, 11) is 0. The van der Waals surface area contributed by atoms with Gasteiger partial charge < -0.3 is 0 Å². The van der Waals surface area contributed by atoms with Crippen LogP contribution >= 0.6 is 0 Å². The summed E-state index contributed by atoms with van der Waals surface area (Å²) in [5.41, 5.74) is 6.79. The van der Waals surface area contributed by atoms with Gasteiger partial charge in [-0.3, -0.25) is 4.99 Å². The summed E-state index contributed by atoms with van der Waals surface area (Å²) in [5.74, 6) is 0.323. The molecule has 1 heteroatoms. The molecule has 1 nitrogen and oxygen atoms in total. The highest BCUT2D eigenvalue weighted by Gasteiger charge is 2.26. The first kappa shape index (κ1) is 16.8. The number of fused-ring (bicyclic) bond motifs is 2. The van der Waals surface area contributed by atoms with Gasteiger partial charge in [0.2, 0.25) is 0 Å². The number of hydrogen-bond acceptors (Lipinski definition) is 1. The van der Waals surface area contributed by atoms with Crippen molar-refractivity contribution in [3.8, 4) is 0 Å². The van der Waals surface area contributed by atoms with Crippen molar-refractivity contribution in [2.45, 2.75) is 32.6 Å². The van der Waals surface area contributed by atoms with Gasteiger partial charge in [-0.25, -0.2) is 0 Å². The average molecular weight is 339 g/mol. The quantitative estimate of drug-likeness (QED) is 0.366. The number of aliphatic imine (C=N–C) groups is 1. The van der Waals surface area contributed by atoms with Crippen molar-refractivity contribution in [2.24, 2.45) is 4.99 Å². The van der Waals surface area contributed by atoms with Crippen LogP contribution in [0.3, 0.4) is 0 Å². The van der Waals surface area contributed by atoms with Gasteiger partial charge in [0.05, 0.1) is 0 Å². The molecule has 0 aliphatic heterocycles. The summed E-state index contributed by atoms with van der Waals surface area (Å²) < 4.78 is 0. The first-order chi connectivity index (χ1) is 12.8. The van der Waals surface area contributed by atoms with Crippen LogP contribution in [0.25, 0.3) is 16.8 Å². The van der Waals surface area contributed by atoms with Gasteiger partial charge in [0, 0.05) is 24.2 Å². The number of benzene rings is 3. The second-order valence-corrected chi connectivity index (χ2v) is 7.13. The zero-order valence-electron chi connectivity index (χ0n) is 15.6. The molecule has 0 saturated heterocycles. The van der Waals surface area contributed by atoms with Crippen LogP contribution in [-0.2, 0) is 0 Å². The topological polar surface area (TPSA) is 12.4 Å². The zero-order chi connectivity index (χ0) is 17.9. The van der Waals surface area contributed by atoms with E-state index in [1.54, 1.807) is 0 Å². The lowest BCUT2D eigenvalue weighted by atomic mass is 9.84. The second kappa shape index (κ2) is 7.29. The summed E-state index contributed by atoms with van der Waals surface area (Å²) in [4.78, 5) is 4.75. The van der Waals surface area contributed by atoms with E-state index in [2.05, 4.69) is 86.8 Å². The first-order valence-corrected chi connectivity index (χ1v) is 9.58. The lowest BCUT2D eigenvalue weighted by Crippen LogP contribution is -2.05. The van der Waals surface area contributed by atoms with Crippen LogP contribution < -0.4 is 0 Å². The molecule has 1 unspecified atom stereocenters. The highest BCUT2D eigenvalue weighted by molar-refractivity contribution is 6.02. The van der Waals surface area contributed by atoms with E-state index in [0.717, 1.165) is 13.0 Å². The van der Waals surface area contributed by atoms with E-state index < -0.39 is 0 Å². The maximum absolute atomic E-state index is 4.75. The van der Waals surface area contributed by atoms with Crippen molar-refractivity contribution in [1.82, 2.24) is 0 Å². The Morgan fingerprint density at radius 3 is 2.62 bits per heavy atom. The Labute approximate surface area is 156 Å². The molecule has 4 rings (SSSR count). The number of allylic oxidation sites excluding steroid dienone is 1. The second-order valence-electron chi connectivity index (χ2n) is 7.13. The van der Waals surface area contributed by atoms with E-state index in [1.807, 2.05) is 0 Å². The maximum atomic E-state index is 4.75. The van der Waals surface area contributed by atoms with Crippen molar-refractivity contribution >= 4 is 23.1 Å². The smallest absolute Gasteiger partial charge is 0.0389 e. The molecule has 0 aromatic heterocycles. The molecule has 0 N–H and O–H groups in total. The Morgan fingerprint density at radius 1 is 0.923 bits per heavy atom. The zero-order valence-corrected chi connectivity index (χ0v) is 15.6. The van der Waals surface area contributed by atoms with Crippen molar-refractivity contribution in [1.29, 1.82) is 0 Å². The normalized spacial score (nSPS) is 16.2. The predicted molar refractivity (Wildman–Crippen MR) is 113 cm³/mol. The fourth-order valence-corrected chi connectivity index (χ4v) is 4.01. The van der Waals surface area contributed by atoms with E-state index in [1.165, 1.54) is 45.0 Å². The van der Waals surface area contributed by atoms with Crippen molar-refractivity contribution in [2.75, 3.05) is 6.54 Å². The molecule has 130 valence electrons. The molecule has 0 bridgehead atoms. The molecule has 26 heavy (non-hydrogen) atoms. The van der Waals surface area contributed by atoms with Gasteiger partial charge >= 0.3 is 0 Å². The summed E-state index contributed by atoms with van der Waals surface area (Å²) in [5, 5.41) is 2.57. The molecule has 0 spiro atoms. The van der Waals surface area contributed by atoms with Gasteiger partial charge in [0.1, 0.15) is 0 Å². The largest absolute Gasteiger partial charge is 0.293 e. The number of nitrogens with zero attached hydrogens (tertiary/aromatic N) is 1. The molecule has 1 aliphatic rings. The Bertz CT molecular complexity index is 994. The van der Waals surface area contributed by atoms with Crippen molar-refractivity contribution in [3.05, 3.63) is 88.5 Å². The maximum Gasteiger partial charge on any atom is 0.0389 e. The number of unbranched alkanes of at least 4 members (excludes halogenated alkanes) is 1. The van der Waals surface area contributed by atoms with Crippen LogP contribution in [0.4, 0.5) is 0 Å². The molecular weight excluding hydrogens is 314 g/mol. The van der Waals surface area contributed by atoms with E-state index >= 15 is 0 Å². The van der Waals surface area contributed by atoms with Crippen LogP contribution in [0.2, 0.25) is 0 Å². The minimum absolute atomic E-state index is 0.323. The molecule has 0 saturated carbocycles. The van der Waals surface area contributed by atoms with Crippen LogP contribution in [0.15, 0.2) is 71.2 Å². The standard InChI is InChI=1S/C25H25N/c1-3-4-15-26-17-24-21-11-7-5-9-19(21)13-14-23(24)25-18(2)16-20-10-6-8-12-22(20)25/h5-14,16-17,25H,3-4,15H2,1-2H3. The van der Waals surface area contributed by atoms with Crippen molar-refractivity contribution < 1.29 is 0 Å². The SMILES string of the molecule is CCCCN=Cc1c(C2C(C)=Cc3ccccc32)ccc2ccccc12. The molecule has 0 fully saturated rings. The summed E-state index contributed by atoms with van der Waals surface area (Å²) in [6.07, 6.45) is 6.76. The van der Waals surface area contributed by atoms with Crippen LogP contribution in [0.5, 0.6) is 0 Å². The Hall–Kier alpha value is -2.67. The molecule has 0 heterocycles. The van der Waals surface area contributed by atoms with Gasteiger partial charge in [-0.2, -0.15) is 0 Å². The summed E-state index contributed by atoms with van der Waals surface area (Å²) in [6, 6.07) is 21.9. The Kier molecular flexibility index (Phi) is 4.71. The van der Waals surface area contributed by atoms with E-state index in [4.69, 9.17) is 4.99 Å². The lowest BCUT2D eigenvalue weighted by Gasteiger charge is -2.19. The molecule has 3 aromatic rings. The molecule has 0 amide bonds. The molecule has 1 aliphatic carbocycles. The average Bonchev–Trinajstić information content (AvgIpc) is 3.01.